The normalized spacial score (nSPS) is 12.8. The predicted molar refractivity (Wildman–Crippen MR) is 157 cm³/mol. The van der Waals surface area contributed by atoms with E-state index in [0.29, 0.717) is 5.56 Å². The number of fused-ring (bicyclic) bond motifs is 3. The van der Waals surface area contributed by atoms with Gasteiger partial charge in [-0.25, -0.2) is 0 Å². The van der Waals surface area contributed by atoms with Crippen LogP contribution in [-0.4, -0.2) is 4.98 Å². The Bertz CT molecular complexity index is 1810. The largest absolute Gasteiger partial charge is 0.263 e. The van der Waals surface area contributed by atoms with Crippen LogP contribution >= 0.6 is 0 Å². The highest BCUT2D eigenvalue weighted by atomic mass is 14.6. The van der Waals surface area contributed by atoms with Crippen molar-refractivity contribution >= 4 is 0 Å². The summed E-state index contributed by atoms with van der Waals surface area (Å²) in [6.45, 7) is 0. The van der Waals surface area contributed by atoms with E-state index in [4.69, 9.17) is 0 Å². The molecule has 0 aliphatic heterocycles. The van der Waals surface area contributed by atoms with Gasteiger partial charge in [-0.1, -0.05) is 121 Å². The van der Waals surface area contributed by atoms with Crippen LogP contribution in [0.2, 0.25) is 0 Å². The van der Waals surface area contributed by atoms with Crippen LogP contribution in [0.5, 0.6) is 0 Å². The van der Waals surface area contributed by atoms with Crippen LogP contribution in [0.4, 0.5) is 0 Å². The van der Waals surface area contributed by atoms with Crippen molar-refractivity contribution < 1.29 is 0 Å². The molecule has 0 amide bonds. The number of rotatable bonds is 4. The average Bonchev–Trinajstić information content (AvgIpc) is 3.32. The zero-order valence-electron chi connectivity index (χ0n) is 21.3. The number of hydrogen-bond acceptors (Lipinski definition) is 2. The molecule has 0 fully saturated rings. The second-order valence-corrected chi connectivity index (χ2v) is 9.94. The smallest absolute Gasteiger partial charge is 0.101 e. The first-order chi connectivity index (χ1) is 19.3. The third-order valence-corrected chi connectivity index (χ3v) is 7.88. The second kappa shape index (κ2) is 9.24. The lowest BCUT2D eigenvalue weighted by Gasteiger charge is -2.33. The molecule has 0 unspecified atom stereocenters. The molecule has 182 valence electrons. The van der Waals surface area contributed by atoms with Gasteiger partial charge in [0.25, 0.3) is 0 Å². The first kappa shape index (κ1) is 22.9. The summed E-state index contributed by atoms with van der Waals surface area (Å²) in [6.07, 6.45) is 3.39. The van der Waals surface area contributed by atoms with E-state index in [9.17, 15) is 5.26 Å². The minimum atomic E-state index is -0.379. The Morgan fingerprint density at radius 2 is 1.05 bits per heavy atom. The average molecular weight is 497 g/mol. The molecule has 6 aromatic rings. The number of hydrogen-bond donors (Lipinski definition) is 0. The molecule has 2 heteroatoms. The zero-order valence-corrected chi connectivity index (χ0v) is 21.3. The van der Waals surface area contributed by atoms with Crippen LogP contribution in [0.25, 0.3) is 33.4 Å². The van der Waals surface area contributed by atoms with Crippen molar-refractivity contribution in [2.45, 2.75) is 5.41 Å². The summed E-state index contributed by atoms with van der Waals surface area (Å²) in [4.78, 5) is 4.21. The molecule has 5 aromatic carbocycles. The third-order valence-electron chi connectivity index (χ3n) is 7.88. The van der Waals surface area contributed by atoms with Crippen molar-refractivity contribution in [1.82, 2.24) is 4.98 Å². The molecule has 0 saturated heterocycles. The predicted octanol–water partition coefficient (Wildman–Crippen LogP) is 8.65. The van der Waals surface area contributed by atoms with Crippen molar-refractivity contribution in [2.24, 2.45) is 0 Å². The van der Waals surface area contributed by atoms with E-state index in [0.717, 1.165) is 16.7 Å². The summed E-state index contributed by atoms with van der Waals surface area (Å²) in [5.74, 6) is 0. The van der Waals surface area contributed by atoms with Crippen LogP contribution in [0.3, 0.4) is 0 Å². The van der Waals surface area contributed by atoms with Gasteiger partial charge in [-0.05, 0) is 62.2 Å². The molecule has 1 heterocycles. The molecule has 0 N–H and O–H groups in total. The van der Waals surface area contributed by atoms with Gasteiger partial charge in [0.1, 0.15) is 6.07 Å². The van der Waals surface area contributed by atoms with Crippen LogP contribution in [0.1, 0.15) is 27.8 Å². The van der Waals surface area contributed by atoms with Crippen LogP contribution in [0, 0.1) is 11.3 Å². The first-order valence-electron chi connectivity index (χ1n) is 13.1. The number of nitriles is 1. The lowest BCUT2D eigenvalue weighted by Crippen LogP contribution is -2.28. The van der Waals surface area contributed by atoms with Crippen molar-refractivity contribution in [3.63, 3.8) is 0 Å². The van der Waals surface area contributed by atoms with Gasteiger partial charge in [0, 0.05) is 18.0 Å². The van der Waals surface area contributed by atoms with Crippen LogP contribution < -0.4 is 0 Å². The topological polar surface area (TPSA) is 36.7 Å². The SMILES string of the molecule is N#Cc1cncc(-c2ccc(-c3ccc4c(c3)-c3ccccc3C4(c3ccccc3)c3ccccc3)cc2)c1. The van der Waals surface area contributed by atoms with Gasteiger partial charge in [0.15, 0.2) is 0 Å². The molecule has 0 spiro atoms. The highest BCUT2D eigenvalue weighted by molar-refractivity contribution is 5.89. The van der Waals surface area contributed by atoms with E-state index < -0.39 is 0 Å². The van der Waals surface area contributed by atoms with Gasteiger partial charge in [-0.15, -0.1) is 0 Å². The highest BCUT2D eigenvalue weighted by Gasteiger charge is 2.45. The monoisotopic (exact) mass is 496 g/mol. The summed E-state index contributed by atoms with van der Waals surface area (Å²) in [5, 5.41) is 9.24. The maximum Gasteiger partial charge on any atom is 0.101 e. The van der Waals surface area contributed by atoms with E-state index in [1.807, 2.05) is 6.07 Å². The van der Waals surface area contributed by atoms with E-state index in [-0.39, 0.29) is 5.41 Å². The quantitative estimate of drug-likeness (QED) is 0.244. The van der Waals surface area contributed by atoms with Crippen molar-refractivity contribution in [2.75, 3.05) is 0 Å². The molecule has 0 radical (unpaired) electrons. The van der Waals surface area contributed by atoms with Gasteiger partial charge >= 0.3 is 0 Å². The first-order valence-corrected chi connectivity index (χ1v) is 13.1. The number of benzene rings is 5. The minimum Gasteiger partial charge on any atom is -0.263 e. The summed E-state index contributed by atoms with van der Waals surface area (Å²) >= 11 is 0. The highest BCUT2D eigenvalue weighted by Crippen LogP contribution is 2.56. The Kier molecular flexibility index (Phi) is 5.43. The maximum absolute atomic E-state index is 9.24. The molecule has 7 rings (SSSR count). The number of nitrogens with zero attached hydrogens (tertiary/aromatic N) is 2. The Labute approximate surface area is 228 Å². The molecule has 0 bridgehead atoms. The molecule has 1 aliphatic rings. The van der Waals surface area contributed by atoms with Crippen LogP contribution in [0.15, 0.2) is 146 Å². The fourth-order valence-corrected chi connectivity index (χ4v) is 6.14. The van der Waals surface area contributed by atoms with Gasteiger partial charge in [-0.2, -0.15) is 5.26 Å². The Morgan fingerprint density at radius 3 is 1.72 bits per heavy atom. The standard InChI is InChI=1S/C37H24N2/c38-23-26-21-30(25-39-24-26)28-17-15-27(16-18-28)29-19-20-36-34(22-29)33-13-7-8-14-35(33)37(36,31-9-3-1-4-10-31)32-11-5-2-6-12-32/h1-22,24-25H. The lowest BCUT2D eigenvalue weighted by molar-refractivity contribution is 0.768. The Balaban J connectivity index is 1.39. The summed E-state index contributed by atoms with van der Waals surface area (Å²) < 4.78 is 0. The molecular weight excluding hydrogens is 472 g/mol. The fourth-order valence-electron chi connectivity index (χ4n) is 6.14. The molecule has 0 saturated carbocycles. The van der Waals surface area contributed by atoms with Crippen molar-refractivity contribution in [1.29, 1.82) is 5.26 Å². The summed E-state index contributed by atoms with van der Waals surface area (Å²) in [6, 6.07) is 50.0. The summed E-state index contributed by atoms with van der Waals surface area (Å²) in [5.41, 5.74) is 12.2. The minimum absolute atomic E-state index is 0.379. The number of aromatic nitrogens is 1. The van der Waals surface area contributed by atoms with Gasteiger partial charge in [0.2, 0.25) is 0 Å². The molecule has 39 heavy (non-hydrogen) atoms. The molecule has 1 aliphatic carbocycles. The van der Waals surface area contributed by atoms with Crippen LogP contribution in [-0.2, 0) is 5.41 Å². The fraction of sp³-hybridized carbons (Fsp3) is 0.0270. The maximum atomic E-state index is 9.24. The molecule has 0 atom stereocenters. The van der Waals surface area contributed by atoms with E-state index in [1.165, 1.54) is 38.9 Å². The Hall–Kier alpha value is -5.26. The van der Waals surface area contributed by atoms with E-state index in [1.54, 1.807) is 12.4 Å². The van der Waals surface area contributed by atoms with Crippen molar-refractivity contribution in [3.05, 3.63) is 174 Å². The van der Waals surface area contributed by atoms with E-state index >= 15 is 0 Å². The van der Waals surface area contributed by atoms with Gasteiger partial charge < -0.3 is 0 Å². The molecular formula is C37H24N2. The second-order valence-electron chi connectivity index (χ2n) is 9.94. The Morgan fingerprint density at radius 1 is 0.487 bits per heavy atom. The molecule has 1 aromatic heterocycles. The van der Waals surface area contributed by atoms with E-state index in [2.05, 4.69) is 138 Å². The van der Waals surface area contributed by atoms with Gasteiger partial charge in [-0.3, -0.25) is 4.98 Å². The lowest BCUT2D eigenvalue weighted by atomic mass is 9.67. The third kappa shape index (κ3) is 3.60. The summed E-state index contributed by atoms with van der Waals surface area (Å²) in [7, 11) is 0. The number of pyridine rings is 1. The van der Waals surface area contributed by atoms with Gasteiger partial charge in [0.05, 0.1) is 11.0 Å². The van der Waals surface area contributed by atoms with Crippen molar-refractivity contribution in [3.8, 4) is 39.4 Å². The zero-order chi connectivity index (χ0) is 26.2. The molecule has 2 nitrogen and oxygen atoms in total.